The summed E-state index contributed by atoms with van der Waals surface area (Å²) in [6.45, 7) is 0. The van der Waals surface area contributed by atoms with Gasteiger partial charge in [0.15, 0.2) is 0 Å². The monoisotopic (exact) mass is 297 g/mol. The average Bonchev–Trinajstić information content (AvgIpc) is 2.67. The van der Waals surface area contributed by atoms with E-state index >= 15 is 0 Å². The van der Waals surface area contributed by atoms with E-state index in [0.29, 0.717) is 0 Å². The highest BCUT2D eigenvalue weighted by atomic mass is 35.5. The van der Waals surface area contributed by atoms with E-state index in [4.69, 9.17) is 17.3 Å². The summed E-state index contributed by atoms with van der Waals surface area (Å²) in [5.74, 6) is -2.46. The number of aromatic nitrogens is 2. The molecule has 0 radical (unpaired) electrons. The Bertz CT molecular complexity index is 809. The number of nitrogen functional groups attached to an aromatic ring is 1. The largest absolute Gasteiger partial charge is 0.369 e. The third kappa shape index (κ3) is 1.80. The van der Waals surface area contributed by atoms with Gasteiger partial charge < -0.3 is 5.73 Å². The Hall–Kier alpha value is -2.21. The van der Waals surface area contributed by atoms with Crippen LogP contribution in [0.5, 0.6) is 0 Å². The molecule has 0 amide bonds. The van der Waals surface area contributed by atoms with Crippen LogP contribution in [0, 0.1) is 17.5 Å². The standard InChI is InChI=1S/C13H7ClF3N3/c14-6-4-11-10(5-9(6)17)19-13(18)20(11)12-7(15)2-1-3-8(12)16/h1-5H,(H2,18,19). The number of nitrogens with two attached hydrogens (primary N) is 1. The van der Waals surface area contributed by atoms with Crippen LogP contribution in [-0.2, 0) is 0 Å². The Morgan fingerprint density at radius 3 is 2.35 bits per heavy atom. The quantitative estimate of drug-likeness (QED) is 0.744. The Morgan fingerprint density at radius 2 is 1.70 bits per heavy atom. The zero-order valence-electron chi connectivity index (χ0n) is 9.87. The lowest BCUT2D eigenvalue weighted by Crippen LogP contribution is -2.05. The van der Waals surface area contributed by atoms with Crippen LogP contribution in [0.25, 0.3) is 16.7 Å². The maximum Gasteiger partial charge on any atom is 0.206 e. The minimum absolute atomic E-state index is 0.159. The lowest BCUT2D eigenvalue weighted by Gasteiger charge is -2.09. The van der Waals surface area contributed by atoms with E-state index in [9.17, 15) is 13.2 Å². The molecule has 0 unspecified atom stereocenters. The molecule has 3 rings (SSSR count). The van der Waals surface area contributed by atoms with Gasteiger partial charge in [0.25, 0.3) is 0 Å². The predicted molar refractivity (Wildman–Crippen MR) is 70.4 cm³/mol. The maximum atomic E-state index is 13.9. The SMILES string of the molecule is Nc1nc2cc(F)c(Cl)cc2n1-c1c(F)cccc1F. The van der Waals surface area contributed by atoms with Crippen LogP contribution in [-0.4, -0.2) is 9.55 Å². The highest BCUT2D eigenvalue weighted by Crippen LogP contribution is 2.29. The lowest BCUT2D eigenvalue weighted by atomic mass is 10.2. The second-order valence-corrected chi connectivity index (χ2v) is 4.54. The van der Waals surface area contributed by atoms with Crippen molar-refractivity contribution in [3.05, 3.63) is 52.8 Å². The van der Waals surface area contributed by atoms with Crippen LogP contribution in [0.3, 0.4) is 0 Å². The van der Waals surface area contributed by atoms with E-state index in [1.165, 1.54) is 12.1 Å². The van der Waals surface area contributed by atoms with Crippen molar-refractivity contribution in [1.29, 1.82) is 0 Å². The summed E-state index contributed by atoms with van der Waals surface area (Å²) in [5.41, 5.74) is 5.68. The van der Waals surface area contributed by atoms with Crippen molar-refractivity contribution in [2.75, 3.05) is 5.73 Å². The third-order valence-corrected chi connectivity index (χ3v) is 3.17. The molecule has 102 valence electrons. The van der Waals surface area contributed by atoms with E-state index in [0.717, 1.165) is 22.8 Å². The van der Waals surface area contributed by atoms with Gasteiger partial charge in [0.1, 0.15) is 23.1 Å². The topological polar surface area (TPSA) is 43.8 Å². The molecule has 0 atom stereocenters. The van der Waals surface area contributed by atoms with Crippen LogP contribution in [0.15, 0.2) is 30.3 Å². The molecule has 2 aromatic carbocycles. The molecular formula is C13H7ClF3N3. The molecule has 20 heavy (non-hydrogen) atoms. The van der Waals surface area contributed by atoms with Crippen LogP contribution >= 0.6 is 11.6 Å². The number of hydrogen-bond acceptors (Lipinski definition) is 2. The van der Waals surface area contributed by atoms with E-state index in [-0.39, 0.29) is 27.7 Å². The molecule has 0 saturated carbocycles. The van der Waals surface area contributed by atoms with Gasteiger partial charge in [0.05, 0.1) is 16.1 Å². The van der Waals surface area contributed by atoms with Gasteiger partial charge in [-0.2, -0.15) is 0 Å². The molecule has 0 spiro atoms. The predicted octanol–water partition coefficient (Wildman–Crippen LogP) is 3.68. The van der Waals surface area contributed by atoms with Crippen molar-refractivity contribution in [3.8, 4) is 5.69 Å². The minimum Gasteiger partial charge on any atom is -0.369 e. The van der Waals surface area contributed by atoms with Crippen molar-refractivity contribution in [1.82, 2.24) is 9.55 Å². The molecule has 0 bridgehead atoms. The molecule has 3 aromatic rings. The van der Waals surface area contributed by atoms with Gasteiger partial charge in [-0.25, -0.2) is 18.2 Å². The molecule has 0 aliphatic carbocycles. The second-order valence-electron chi connectivity index (χ2n) is 4.13. The molecule has 0 aliphatic rings. The first-order chi connectivity index (χ1) is 9.49. The van der Waals surface area contributed by atoms with Crippen molar-refractivity contribution in [2.45, 2.75) is 0 Å². The van der Waals surface area contributed by atoms with Crippen molar-refractivity contribution in [2.24, 2.45) is 0 Å². The van der Waals surface area contributed by atoms with Gasteiger partial charge >= 0.3 is 0 Å². The van der Waals surface area contributed by atoms with E-state index in [1.807, 2.05) is 0 Å². The van der Waals surface area contributed by atoms with Crippen LogP contribution in [0.4, 0.5) is 19.1 Å². The summed E-state index contributed by atoms with van der Waals surface area (Å²) in [7, 11) is 0. The first kappa shape index (κ1) is 12.8. The fourth-order valence-electron chi connectivity index (χ4n) is 2.03. The zero-order valence-corrected chi connectivity index (χ0v) is 10.6. The first-order valence-electron chi connectivity index (χ1n) is 5.56. The Kier molecular flexibility index (Phi) is 2.83. The summed E-state index contributed by atoms with van der Waals surface area (Å²) in [5, 5.41) is -0.185. The number of imidazole rings is 1. The highest BCUT2D eigenvalue weighted by Gasteiger charge is 2.18. The molecular weight excluding hydrogens is 291 g/mol. The Morgan fingerprint density at radius 1 is 1.05 bits per heavy atom. The van der Waals surface area contributed by atoms with Crippen LogP contribution in [0.2, 0.25) is 5.02 Å². The minimum atomic E-state index is -0.809. The number of nitrogens with zero attached hydrogens (tertiary/aromatic N) is 2. The molecule has 0 saturated heterocycles. The summed E-state index contributed by atoms with van der Waals surface area (Å²) in [4.78, 5) is 3.88. The summed E-state index contributed by atoms with van der Waals surface area (Å²) in [6, 6.07) is 5.70. The fraction of sp³-hybridized carbons (Fsp3) is 0. The number of hydrogen-bond donors (Lipinski definition) is 1. The number of benzene rings is 2. The van der Waals surface area contributed by atoms with E-state index in [2.05, 4.69) is 4.98 Å². The molecule has 0 aliphatic heterocycles. The Balaban J connectivity index is 2.42. The van der Waals surface area contributed by atoms with Crippen molar-refractivity contribution in [3.63, 3.8) is 0 Å². The summed E-state index contributed by atoms with van der Waals surface area (Å²) < 4.78 is 42.1. The van der Waals surface area contributed by atoms with Gasteiger partial charge in [0.2, 0.25) is 5.95 Å². The van der Waals surface area contributed by atoms with Gasteiger partial charge in [-0.1, -0.05) is 17.7 Å². The van der Waals surface area contributed by atoms with Gasteiger partial charge in [0, 0.05) is 6.07 Å². The molecule has 3 nitrogen and oxygen atoms in total. The molecule has 1 heterocycles. The molecule has 0 fully saturated rings. The number of anilines is 1. The number of fused-ring (bicyclic) bond motifs is 1. The van der Waals surface area contributed by atoms with Gasteiger partial charge in [-0.15, -0.1) is 0 Å². The van der Waals surface area contributed by atoms with Crippen LogP contribution < -0.4 is 5.73 Å². The zero-order chi connectivity index (χ0) is 14.4. The Labute approximate surface area is 116 Å². The van der Waals surface area contributed by atoms with Crippen molar-refractivity contribution >= 4 is 28.6 Å². The van der Waals surface area contributed by atoms with Gasteiger partial charge in [-0.05, 0) is 18.2 Å². The summed E-state index contributed by atoms with van der Waals surface area (Å²) >= 11 is 5.69. The van der Waals surface area contributed by atoms with E-state index < -0.39 is 17.5 Å². The molecule has 2 N–H and O–H groups in total. The smallest absolute Gasteiger partial charge is 0.206 e. The van der Waals surface area contributed by atoms with Crippen molar-refractivity contribution < 1.29 is 13.2 Å². The lowest BCUT2D eigenvalue weighted by molar-refractivity contribution is 0.572. The highest BCUT2D eigenvalue weighted by molar-refractivity contribution is 6.31. The number of para-hydroxylation sites is 1. The second kappa shape index (κ2) is 4.42. The van der Waals surface area contributed by atoms with Gasteiger partial charge in [-0.3, -0.25) is 4.57 Å². The maximum absolute atomic E-state index is 13.9. The average molecular weight is 298 g/mol. The normalized spacial score (nSPS) is 11.2. The first-order valence-corrected chi connectivity index (χ1v) is 5.94. The molecule has 1 aromatic heterocycles. The number of halogens is 4. The van der Waals surface area contributed by atoms with Crippen LogP contribution in [0.1, 0.15) is 0 Å². The summed E-state index contributed by atoms with van der Waals surface area (Å²) in [6.07, 6.45) is 0. The molecule has 7 heteroatoms. The third-order valence-electron chi connectivity index (χ3n) is 2.88. The van der Waals surface area contributed by atoms with E-state index in [1.54, 1.807) is 0 Å². The fourth-order valence-corrected chi connectivity index (χ4v) is 2.19. The number of rotatable bonds is 1.